The lowest BCUT2D eigenvalue weighted by atomic mass is 9.98. The first-order valence-electron chi connectivity index (χ1n) is 9.71. The molecule has 0 spiro atoms. The fourth-order valence-corrected chi connectivity index (χ4v) is 3.80. The molecule has 4 aromatic carbocycles. The Kier molecular flexibility index (Phi) is 4.47. The number of furan rings is 1. The zero-order valence-electron chi connectivity index (χ0n) is 15.9. The lowest BCUT2D eigenvalue weighted by Gasteiger charge is -2.07. The molecule has 0 aliphatic carbocycles. The molecule has 1 N–H and O–H groups in total. The molecule has 5 aromatic rings. The van der Waals surface area contributed by atoms with Crippen LogP contribution in [0.1, 0.15) is 11.1 Å². The van der Waals surface area contributed by atoms with Crippen LogP contribution >= 0.6 is 0 Å². The number of rotatable bonds is 4. The van der Waals surface area contributed by atoms with E-state index < -0.39 is 0 Å². The van der Waals surface area contributed by atoms with Gasteiger partial charge in [0.05, 0.1) is 6.61 Å². The molecule has 0 atom stereocenters. The molecule has 2 heteroatoms. The Balaban J connectivity index is 1.57. The van der Waals surface area contributed by atoms with Crippen LogP contribution in [0, 0.1) is 0 Å². The minimum absolute atomic E-state index is 0.0404. The molecular formula is C27H20O2. The monoisotopic (exact) mass is 376 g/mol. The average molecular weight is 376 g/mol. The summed E-state index contributed by atoms with van der Waals surface area (Å²) in [5, 5.41) is 12.2. The molecule has 0 bridgehead atoms. The molecule has 0 unspecified atom stereocenters. The molecule has 140 valence electrons. The second kappa shape index (κ2) is 7.42. The first-order chi connectivity index (χ1) is 14.3. The molecule has 0 fully saturated rings. The normalized spacial score (nSPS) is 12.0. The van der Waals surface area contributed by atoms with Gasteiger partial charge in [-0.1, -0.05) is 91.0 Å². The van der Waals surface area contributed by atoms with E-state index >= 15 is 0 Å². The van der Waals surface area contributed by atoms with Crippen LogP contribution in [0.2, 0.25) is 0 Å². The number of hydrogen-bond donors (Lipinski definition) is 1. The van der Waals surface area contributed by atoms with Gasteiger partial charge in [0.25, 0.3) is 0 Å². The maximum atomic E-state index is 10.0. The molecule has 1 aromatic heterocycles. The Hall–Kier alpha value is -3.62. The quantitative estimate of drug-likeness (QED) is 0.351. The summed E-state index contributed by atoms with van der Waals surface area (Å²) in [5.41, 5.74) is 6.89. The zero-order chi connectivity index (χ0) is 19.6. The molecule has 29 heavy (non-hydrogen) atoms. The number of benzene rings is 4. The van der Waals surface area contributed by atoms with Crippen LogP contribution < -0.4 is 0 Å². The van der Waals surface area contributed by atoms with Crippen LogP contribution in [0.4, 0.5) is 0 Å². The first-order valence-corrected chi connectivity index (χ1v) is 9.71. The number of hydrogen-bond acceptors (Lipinski definition) is 2. The minimum atomic E-state index is -0.0404. The van der Waals surface area contributed by atoms with Gasteiger partial charge in [-0.15, -0.1) is 0 Å². The van der Waals surface area contributed by atoms with E-state index in [2.05, 4.69) is 48.5 Å². The Bertz CT molecular complexity index is 1310. The van der Waals surface area contributed by atoms with Crippen molar-refractivity contribution >= 4 is 33.6 Å². The summed E-state index contributed by atoms with van der Waals surface area (Å²) in [6.45, 7) is -0.0404. The molecule has 0 radical (unpaired) electrons. The van der Waals surface area contributed by atoms with E-state index in [-0.39, 0.29) is 6.61 Å². The van der Waals surface area contributed by atoms with Crippen molar-refractivity contribution in [1.29, 1.82) is 0 Å². The summed E-state index contributed by atoms with van der Waals surface area (Å²) in [5.74, 6) is 0. The summed E-state index contributed by atoms with van der Waals surface area (Å²) in [4.78, 5) is 0. The topological polar surface area (TPSA) is 33.4 Å². The standard InChI is InChI=1S/C27H20O2/c28-18-23(21-15-13-20(14-16-21)19-7-2-1-3-8-19)17-22-9-6-11-25-24-10-4-5-12-26(24)29-27(22)25/h1-17,28H,18H2/b23-17+. The van der Waals surface area contributed by atoms with E-state index in [0.717, 1.165) is 44.2 Å². The molecular weight excluding hydrogens is 356 g/mol. The Labute approximate surface area is 169 Å². The fourth-order valence-electron chi connectivity index (χ4n) is 3.80. The van der Waals surface area contributed by atoms with Gasteiger partial charge in [0.2, 0.25) is 0 Å². The van der Waals surface area contributed by atoms with Gasteiger partial charge < -0.3 is 9.52 Å². The Morgan fingerprint density at radius 2 is 1.38 bits per heavy atom. The third-order valence-corrected chi connectivity index (χ3v) is 5.30. The Morgan fingerprint density at radius 3 is 2.17 bits per heavy atom. The van der Waals surface area contributed by atoms with Gasteiger partial charge in [-0.3, -0.25) is 0 Å². The zero-order valence-corrected chi connectivity index (χ0v) is 15.9. The molecule has 0 aliphatic rings. The summed E-state index contributed by atoms with van der Waals surface area (Å²) in [7, 11) is 0. The van der Waals surface area contributed by atoms with Crippen molar-refractivity contribution in [3.8, 4) is 11.1 Å². The molecule has 0 aliphatic heterocycles. The lowest BCUT2D eigenvalue weighted by molar-refractivity contribution is 0.351. The van der Waals surface area contributed by atoms with Crippen molar-refractivity contribution in [2.45, 2.75) is 0 Å². The molecule has 2 nitrogen and oxygen atoms in total. The van der Waals surface area contributed by atoms with Gasteiger partial charge in [0.15, 0.2) is 0 Å². The van der Waals surface area contributed by atoms with Gasteiger partial charge in [0.1, 0.15) is 11.2 Å². The first kappa shape index (κ1) is 17.5. The maximum absolute atomic E-state index is 10.0. The van der Waals surface area contributed by atoms with E-state index in [9.17, 15) is 5.11 Å². The lowest BCUT2D eigenvalue weighted by Crippen LogP contribution is -1.91. The molecule has 0 saturated carbocycles. The largest absolute Gasteiger partial charge is 0.455 e. The third kappa shape index (κ3) is 3.24. The van der Waals surface area contributed by atoms with Gasteiger partial charge >= 0.3 is 0 Å². The third-order valence-electron chi connectivity index (χ3n) is 5.30. The van der Waals surface area contributed by atoms with Crippen LogP contribution in [0.3, 0.4) is 0 Å². The predicted octanol–water partition coefficient (Wildman–Crippen LogP) is 6.79. The maximum Gasteiger partial charge on any atom is 0.142 e. The van der Waals surface area contributed by atoms with Crippen molar-refractivity contribution < 1.29 is 9.52 Å². The van der Waals surface area contributed by atoms with Crippen molar-refractivity contribution in [2.75, 3.05) is 6.61 Å². The van der Waals surface area contributed by atoms with Crippen molar-refractivity contribution in [1.82, 2.24) is 0 Å². The summed E-state index contributed by atoms with van der Waals surface area (Å²) >= 11 is 0. The Morgan fingerprint density at radius 1 is 0.690 bits per heavy atom. The number of fused-ring (bicyclic) bond motifs is 3. The summed E-state index contributed by atoms with van der Waals surface area (Å²) in [6, 6.07) is 32.8. The van der Waals surface area contributed by atoms with E-state index in [4.69, 9.17) is 4.42 Å². The highest BCUT2D eigenvalue weighted by atomic mass is 16.3. The highest BCUT2D eigenvalue weighted by molar-refractivity contribution is 6.08. The minimum Gasteiger partial charge on any atom is -0.455 e. The smallest absolute Gasteiger partial charge is 0.142 e. The second-order valence-corrected chi connectivity index (χ2v) is 7.09. The van der Waals surface area contributed by atoms with E-state index in [0.29, 0.717) is 0 Å². The van der Waals surface area contributed by atoms with Crippen LogP contribution in [0.5, 0.6) is 0 Å². The second-order valence-electron chi connectivity index (χ2n) is 7.09. The van der Waals surface area contributed by atoms with Crippen LogP contribution in [-0.2, 0) is 0 Å². The molecule has 0 amide bonds. The SMILES string of the molecule is OC/C(=C\c1cccc2c1oc1ccccc12)c1ccc(-c2ccccc2)cc1. The number of aliphatic hydroxyl groups is 1. The molecule has 1 heterocycles. The van der Waals surface area contributed by atoms with E-state index in [1.165, 1.54) is 5.56 Å². The number of aliphatic hydroxyl groups excluding tert-OH is 1. The fraction of sp³-hybridized carbons (Fsp3) is 0.0370. The highest BCUT2D eigenvalue weighted by Gasteiger charge is 2.10. The number of para-hydroxylation sites is 2. The van der Waals surface area contributed by atoms with Crippen molar-refractivity contribution in [3.63, 3.8) is 0 Å². The van der Waals surface area contributed by atoms with E-state index in [1.54, 1.807) is 0 Å². The van der Waals surface area contributed by atoms with Crippen LogP contribution in [-0.4, -0.2) is 11.7 Å². The van der Waals surface area contributed by atoms with Crippen molar-refractivity contribution in [3.05, 3.63) is 108 Å². The van der Waals surface area contributed by atoms with Gasteiger partial charge in [-0.2, -0.15) is 0 Å². The summed E-state index contributed by atoms with van der Waals surface area (Å²) in [6.07, 6.45) is 2.02. The van der Waals surface area contributed by atoms with E-state index in [1.807, 2.05) is 54.6 Å². The van der Waals surface area contributed by atoms with Gasteiger partial charge in [0, 0.05) is 16.3 Å². The average Bonchev–Trinajstić information content (AvgIpc) is 3.18. The predicted molar refractivity (Wildman–Crippen MR) is 121 cm³/mol. The van der Waals surface area contributed by atoms with Gasteiger partial charge in [-0.25, -0.2) is 0 Å². The highest BCUT2D eigenvalue weighted by Crippen LogP contribution is 2.32. The molecule has 5 rings (SSSR count). The van der Waals surface area contributed by atoms with Crippen LogP contribution in [0.15, 0.2) is 101 Å². The summed E-state index contributed by atoms with van der Waals surface area (Å²) < 4.78 is 6.12. The molecule has 0 saturated heterocycles. The van der Waals surface area contributed by atoms with Gasteiger partial charge in [-0.05, 0) is 34.4 Å². The van der Waals surface area contributed by atoms with Crippen LogP contribution in [0.25, 0.3) is 44.7 Å². The van der Waals surface area contributed by atoms with Crippen molar-refractivity contribution in [2.24, 2.45) is 0 Å².